The summed E-state index contributed by atoms with van der Waals surface area (Å²) in [5.41, 5.74) is 3.00. The Bertz CT molecular complexity index is 1020. The Hall–Kier alpha value is -3.48. The molecule has 0 amide bonds. The number of ether oxygens (including phenoxy) is 1. The van der Waals surface area contributed by atoms with E-state index in [0.29, 0.717) is 18.2 Å². The third kappa shape index (κ3) is 3.26. The minimum Gasteiger partial charge on any atom is -0.434 e. The van der Waals surface area contributed by atoms with Gasteiger partial charge in [-0.15, -0.1) is 0 Å². The molecule has 0 saturated carbocycles. The number of benzene rings is 2. The van der Waals surface area contributed by atoms with Crippen LogP contribution in [0, 0.1) is 10.1 Å². The van der Waals surface area contributed by atoms with Gasteiger partial charge in [0.15, 0.2) is 0 Å². The summed E-state index contributed by atoms with van der Waals surface area (Å²) in [6.45, 7) is 4.83. The van der Waals surface area contributed by atoms with Crippen molar-refractivity contribution in [3.8, 4) is 11.6 Å². The first-order chi connectivity index (χ1) is 13.5. The standard InChI is InChI=1S/C21H20N4O3/c1-14(2)15-7-9-17(10-8-15)28-21-19(25(26)27)20(22-13-23-21)24-12-11-16-5-3-4-6-18(16)24/h3-10,13-14H,11-12H2,1-2H3. The van der Waals surface area contributed by atoms with Crippen LogP contribution in [-0.2, 0) is 6.42 Å². The molecule has 3 aromatic rings. The van der Waals surface area contributed by atoms with Crippen molar-refractivity contribution in [1.82, 2.24) is 9.97 Å². The molecule has 1 aliphatic rings. The van der Waals surface area contributed by atoms with E-state index in [1.807, 2.05) is 41.3 Å². The van der Waals surface area contributed by atoms with Crippen LogP contribution in [0.15, 0.2) is 54.9 Å². The monoisotopic (exact) mass is 376 g/mol. The van der Waals surface area contributed by atoms with Crippen molar-refractivity contribution < 1.29 is 9.66 Å². The first-order valence-electron chi connectivity index (χ1n) is 9.17. The van der Waals surface area contributed by atoms with E-state index in [1.165, 1.54) is 11.9 Å². The molecule has 0 aliphatic carbocycles. The highest BCUT2D eigenvalue weighted by molar-refractivity contribution is 5.75. The molecule has 2 aromatic carbocycles. The average molecular weight is 376 g/mol. The fraction of sp³-hybridized carbons (Fsp3) is 0.238. The highest BCUT2D eigenvalue weighted by Crippen LogP contribution is 2.42. The van der Waals surface area contributed by atoms with Crippen LogP contribution in [0.5, 0.6) is 11.6 Å². The van der Waals surface area contributed by atoms with Crippen molar-refractivity contribution in [3.05, 3.63) is 76.1 Å². The van der Waals surface area contributed by atoms with Gasteiger partial charge in [-0.1, -0.05) is 44.2 Å². The molecule has 4 rings (SSSR count). The molecule has 0 fully saturated rings. The number of nitro groups is 1. The van der Waals surface area contributed by atoms with Crippen LogP contribution in [-0.4, -0.2) is 21.4 Å². The summed E-state index contributed by atoms with van der Waals surface area (Å²) in [7, 11) is 0. The van der Waals surface area contributed by atoms with E-state index in [1.54, 1.807) is 12.1 Å². The van der Waals surface area contributed by atoms with Crippen LogP contribution in [0.4, 0.5) is 17.2 Å². The van der Waals surface area contributed by atoms with Crippen LogP contribution < -0.4 is 9.64 Å². The van der Waals surface area contributed by atoms with Crippen molar-refractivity contribution in [3.63, 3.8) is 0 Å². The minimum atomic E-state index is -0.478. The van der Waals surface area contributed by atoms with Crippen LogP contribution in [0.2, 0.25) is 0 Å². The van der Waals surface area contributed by atoms with E-state index in [-0.39, 0.29) is 17.4 Å². The summed E-state index contributed by atoms with van der Waals surface area (Å²) >= 11 is 0. The molecule has 28 heavy (non-hydrogen) atoms. The maximum Gasteiger partial charge on any atom is 0.373 e. The highest BCUT2D eigenvalue weighted by atomic mass is 16.6. The number of para-hydroxylation sites is 1. The van der Waals surface area contributed by atoms with Crippen LogP contribution in [0.3, 0.4) is 0 Å². The summed E-state index contributed by atoms with van der Waals surface area (Å²) in [6, 6.07) is 15.3. The summed E-state index contributed by atoms with van der Waals surface area (Å²) in [4.78, 5) is 21.5. The maximum absolute atomic E-state index is 11.9. The number of hydrogen-bond acceptors (Lipinski definition) is 6. The third-order valence-electron chi connectivity index (χ3n) is 4.86. The Labute approximate surface area is 162 Å². The molecule has 0 N–H and O–H groups in total. The Morgan fingerprint density at radius 2 is 1.86 bits per heavy atom. The van der Waals surface area contributed by atoms with E-state index in [2.05, 4.69) is 23.8 Å². The Kier molecular flexibility index (Phi) is 4.65. The number of aromatic nitrogens is 2. The number of nitrogens with zero attached hydrogens (tertiary/aromatic N) is 4. The van der Waals surface area contributed by atoms with Gasteiger partial charge in [-0.05, 0) is 41.7 Å². The molecule has 0 radical (unpaired) electrons. The molecule has 0 atom stereocenters. The number of hydrogen-bond donors (Lipinski definition) is 0. The molecule has 7 nitrogen and oxygen atoms in total. The second kappa shape index (κ2) is 7.26. The number of anilines is 2. The first kappa shape index (κ1) is 17.9. The van der Waals surface area contributed by atoms with Gasteiger partial charge in [0, 0.05) is 12.2 Å². The molecular weight excluding hydrogens is 356 g/mol. The summed E-state index contributed by atoms with van der Waals surface area (Å²) in [5.74, 6) is 1.08. The van der Waals surface area contributed by atoms with Gasteiger partial charge in [0.05, 0.1) is 4.92 Å². The molecule has 7 heteroatoms. The zero-order valence-corrected chi connectivity index (χ0v) is 15.7. The predicted octanol–water partition coefficient (Wildman–Crippen LogP) is 4.99. The fourth-order valence-corrected chi connectivity index (χ4v) is 3.38. The Morgan fingerprint density at radius 1 is 1.11 bits per heavy atom. The van der Waals surface area contributed by atoms with Crippen molar-refractivity contribution in [2.75, 3.05) is 11.4 Å². The van der Waals surface area contributed by atoms with Crippen molar-refractivity contribution >= 4 is 17.2 Å². The van der Waals surface area contributed by atoms with Crippen molar-refractivity contribution in [2.45, 2.75) is 26.2 Å². The van der Waals surface area contributed by atoms with Gasteiger partial charge in [-0.25, -0.2) is 4.98 Å². The van der Waals surface area contributed by atoms with Gasteiger partial charge in [-0.2, -0.15) is 4.98 Å². The lowest BCUT2D eigenvalue weighted by Gasteiger charge is -2.18. The maximum atomic E-state index is 11.9. The topological polar surface area (TPSA) is 81.4 Å². The lowest BCUT2D eigenvalue weighted by atomic mass is 10.0. The van der Waals surface area contributed by atoms with Gasteiger partial charge in [0.2, 0.25) is 5.82 Å². The van der Waals surface area contributed by atoms with Crippen LogP contribution in [0.25, 0.3) is 0 Å². The highest BCUT2D eigenvalue weighted by Gasteiger charge is 2.32. The average Bonchev–Trinajstić information content (AvgIpc) is 3.12. The minimum absolute atomic E-state index is 0.0586. The van der Waals surface area contributed by atoms with Gasteiger partial charge in [0.1, 0.15) is 12.1 Å². The molecule has 142 valence electrons. The lowest BCUT2D eigenvalue weighted by Crippen LogP contribution is -2.17. The van der Waals surface area contributed by atoms with Gasteiger partial charge < -0.3 is 9.64 Å². The summed E-state index contributed by atoms with van der Waals surface area (Å²) in [5, 5.41) is 11.9. The lowest BCUT2D eigenvalue weighted by molar-refractivity contribution is -0.385. The second-order valence-electron chi connectivity index (χ2n) is 6.96. The summed E-state index contributed by atoms with van der Waals surface area (Å²) < 4.78 is 5.77. The Balaban J connectivity index is 1.72. The Morgan fingerprint density at radius 3 is 2.57 bits per heavy atom. The molecular formula is C21H20N4O3. The number of fused-ring (bicyclic) bond motifs is 1. The van der Waals surface area contributed by atoms with E-state index in [9.17, 15) is 10.1 Å². The van der Waals surface area contributed by atoms with E-state index < -0.39 is 4.92 Å². The SMILES string of the molecule is CC(C)c1ccc(Oc2ncnc(N3CCc4ccccc43)c2[N+](=O)[O-])cc1. The first-order valence-corrected chi connectivity index (χ1v) is 9.17. The largest absolute Gasteiger partial charge is 0.434 e. The molecule has 0 spiro atoms. The van der Waals surface area contributed by atoms with E-state index in [4.69, 9.17) is 4.74 Å². The number of rotatable bonds is 5. The molecule has 0 saturated heterocycles. The quantitative estimate of drug-likeness (QED) is 0.461. The van der Waals surface area contributed by atoms with Crippen LogP contribution in [0.1, 0.15) is 30.9 Å². The second-order valence-corrected chi connectivity index (χ2v) is 6.96. The van der Waals surface area contributed by atoms with Gasteiger partial charge in [-0.3, -0.25) is 10.1 Å². The van der Waals surface area contributed by atoms with E-state index >= 15 is 0 Å². The van der Waals surface area contributed by atoms with Gasteiger partial charge in [0.25, 0.3) is 0 Å². The molecule has 1 aliphatic heterocycles. The smallest absolute Gasteiger partial charge is 0.373 e. The van der Waals surface area contributed by atoms with Crippen molar-refractivity contribution in [2.24, 2.45) is 0 Å². The van der Waals surface area contributed by atoms with Crippen molar-refractivity contribution in [1.29, 1.82) is 0 Å². The zero-order valence-electron chi connectivity index (χ0n) is 15.7. The molecule has 0 unspecified atom stereocenters. The third-order valence-corrected chi connectivity index (χ3v) is 4.86. The fourth-order valence-electron chi connectivity index (χ4n) is 3.38. The predicted molar refractivity (Wildman–Crippen MR) is 106 cm³/mol. The van der Waals surface area contributed by atoms with Crippen LogP contribution >= 0.6 is 0 Å². The molecule has 0 bridgehead atoms. The molecule has 1 aromatic heterocycles. The summed E-state index contributed by atoms with van der Waals surface area (Å²) in [6.07, 6.45) is 2.12. The molecule has 2 heterocycles. The van der Waals surface area contributed by atoms with E-state index in [0.717, 1.165) is 17.7 Å². The van der Waals surface area contributed by atoms with Gasteiger partial charge >= 0.3 is 11.6 Å². The normalized spacial score (nSPS) is 12.9. The zero-order chi connectivity index (χ0) is 19.7.